The number of rotatable bonds is 8. The molecule has 0 spiro atoms. The van der Waals surface area contributed by atoms with E-state index in [0.29, 0.717) is 49.0 Å². The molecule has 0 unspecified atom stereocenters. The Kier molecular flexibility index (Phi) is 7.95. The van der Waals surface area contributed by atoms with Gasteiger partial charge < -0.3 is 14.8 Å². The monoisotopic (exact) mass is 573 g/mol. The van der Waals surface area contributed by atoms with Gasteiger partial charge in [0.1, 0.15) is 6.61 Å². The fourth-order valence-electron chi connectivity index (χ4n) is 6.59. The Morgan fingerprint density at radius 2 is 1.59 bits per heavy atom. The lowest BCUT2D eigenvalue weighted by Gasteiger charge is -2.44. The van der Waals surface area contributed by atoms with Gasteiger partial charge in [-0.1, -0.05) is 63.6 Å². The topological polar surface area (TPSA) is 64.6 Å². The zero-order valence-electron chi connectivity index (χ0n) is 24.8. The molecule has 1 heterocycles. The van der Waals surface area contributed by atoms with Crippen LogP contribution in [0.25, 0.3) is 0 Å². The zero-order chi connectivity index (χ0) is 29.5. The summed E-state index contributed by atoms with van der Waals surface area (Å²) in [5.74, 6) is 0.988. The first-order chi connectivity index (χ1) is 19.4. The molecule has 0 radical (unpaired) electrons. The average molecular weight is 574 g/mol. The lowest BCUT2D eigenvalue weighted by atomic mass is 9.64. The summed E-state index contributed by atoms with van der Waals surface area (Å²) in [7, 11) is 0. The summed E-state index contributed by atoms with van der Waals surface area (Å²) in [5, 5.41) is 4.25. The van der Waals surface area contributed by atoms with Gasteiger partial charge >= 0.3 is 0 Å². The second kappa shape index (κ2) is 11.2. The van der Waals surface area contributed by atoms with E-state index < -0.39 is 5.92 Å². The molecular formula is C35H40ClNO4. The predicted molar refractivity (Wildman–Crippen MR) is 163 cm³/mol. The van der Waals surface area contributed by atoms with Crippen molar-refractivity contribution in [2.45, 2.75) is 79.2 Å². The first kappa shape index (κ1) is 29.2. The molecule has 2 aromatic rings. The summed E-state index contributed by atoms with van der Waals surface area (Å²) in [6, 6.07) is 11.6. The first-order valence-corrected chi connectivity index (χ1v) is 14.9. The standard InChI is InChI=1S/C35H40ClNO4/c1-7-10-22-14-23(15-29(40-8-2)33(22)41-20-21-11-9-12-24(36)13-21)30-31-25(16-34(3,4)18-27(31)38)37-26-17-35(5,6)19-28(39)32(26)30/h7,9,11-15,30,37H,1,8,10,16-20H2,2-6H3. The highest BCUT2D eigenvalue weighted by molar-refractivity contribution is 6.30. The van der Waals surface area contributed by atoms with Crippen molar-refractivity contribution in [3.05, 3.63) is 93.3 Å². The minimum atomic E-state index is -0.446. The molecule has 0 bridgehead atoms. The van der Waals surface area contributed by atoms with Crippen LogP contribution in [0.2, 0.25) is 5.02 Å². The second-order valence-electron chi connectivity index (χ2n) is 13.1. The molecule has 0 amide bonds. The Bertz CT molecular complexity index is 1430. The summed E-state index contributed by atoms with van der Waals surface area (Å²) < 4.78 is 12.5. The lowest BCUT2D eigenvalue weighted by molar-refractivity contribution is -0.119. The van der Waals surface area contributed by atoms with Gasteiger partial charge in [0.25, 0.3) is 0 Å². The number of benzene rings is 2. The smallest absolute Gasteiger partial charge is 0.165 e. The van der Waals surface area contributed by atoms with Gasteiger partial charge in [0.15, 0.2) is 23.1 Å². The Balaban J connectivity index is 1.66. The van der Waals surface area contributed by atoms with Crippen LogP contribution in [0.3, 0.4) is 0 Å². The van der Waals surface area contributed by atoms with Crippen LogP contribution in [0.4, 0.5) is 0 Å². The molecule has 0 fully saturated rings. The number of Topliss-reactive ketones (excluding diaryl/α,β-unsaturated/α-hetero) is 2. The first-order valence-electron chi connectivity index (χ1n) is 14.5. The van der Waals surface area contributed by atoms with E-state index >= 15 is 0 Å². The van der Waals surface area contributed by atoms with Gasteiger partial charge in [-0.3, -0.25) is 9.59 Å². The van der Waals surface area contributed by atoms with E-state index in [4.69, 9.17) is 21.1 Å². The fourth-order valence-corrected chi connectivity index (χ4v) is 6.80. The summed E-state index contributed by atoms with van der Waals surface area (Å²) in [5.41, 5.74) is 5.76. The molecule has 2 aromatic carbocycles. The molecule has 0 aromatic heterocycles. The van der Waals surface area contributed by atoms with Crippen molar-refractivity contribution in [2.24, 2.45) is 10.8 Å². The maximum Gasteiger partial charge on any atom is 0.165 e. The maximum absolute atomic E-state index is 13.8. The summed E-state index contributed by atoms with van der Waals surface area (Å²) >= 11 is 6.20. The SMILES string of the molecule is C=CCc1cc(C2C3=C(CC(C)(C)CC3=O)NC3=C2C(=O)CC(C)(C)C3)cc(OCC)c1OCc1cccc(Cl)c1. The largest absolute Gasteiger partial charge is 0.490 e. The van der Waals surface area contributed by atoms with Crippen molar-refractivity contribution < 1.29 is 19.1 Å². The summed E-state index contributed by atoms with van der Waals surface area (Å²) in [6.45, 7) is 15.2. The molecule has 216 valence electrons. The second-order valence-corrected chi connectivity index (χ2v) is 13.5. The van der Waals surface area contributed by atoms with E-state index in [2.05, 4.69) is 45.7 Å². The van der Waals surface area contributed by atoms with Crippen molar-refractivity contribution >= 4 is 23.2 Å². The highest BCUT2D eigenvalue weighted by Gasteiger charge is 2.46. The van der Waals surface area contributed by atoms with E-state index in [1.807, 2.05) is 43.3 Å². The number of dihydropyridines is 1. The van der Waals surface area contributed by atoms with Gasteiger partial charge in [-0.05, 0) is 66.3 Å². The van der Waals surface area contributed by atoms with Crippen LogP contribution < -0.4 is 14.8 Å². The molecule has 2 aliphatic carbocycles. The molecule has 5 rings (SSSR count). The number of allylic oxidation sites excluding steroid dienone is 5. The molecule has 1 N–H and O–H groups in total. The number of halogens is 1. The van der Waals surface area contributed by atoms with Crippen molar-refractivity contribution in [2.75, 3.05) is 6.61 Å². The molecule has 6 heteroatoms. The van der Waals surface area contributed by atoms with Gasteiger partial charge in [0.2, 0.25) is 0 Å². The van der Waals surface area contributed by atoms with Crippen LogP contribution in [0.5, 0.6) is 11.5 Å². The summed E-state index contributed by atoms with van der Waals surface area (Å²) in [6.07, 6.45) is 4.80. The van der Waals surface area contributed by atoms with Crippen molar-refractivity contribution in [1.82, 2.24) is 5.32 Å². The van der Waals surface area contributed by atoms with E-state index in [9.17, 15) is 9.59 Å². The highest BCUT2D eigenvalue weighted by Crippen LogP contribution is 2.52. The third kappa shape index (κ3) is 6.01. The van der Waals surface area contributed by atoms with E-state index in [0.717, 1.165) is 52.1 Å². The molecular weight excluding hydrogens is 534 g/mol. The van der Waals surface area contributed by atoms with Crippen LogP contribution in [0, 0.1) is 10.8 Å². The fraction of sp³-hybridized carbons (Fsp3) is 0.429. The third-order valence-electron chi connectivity index (χ3n) is 8.14. The number of hydrogen-bond donors (Lipinski definition) is 1. The van der Waals surface area contributed by atoms with Crippen molar-refractivity contribution in [3.8, 4) is 11.5 Å². The van der Waals surface area contributed by atoms with E-state index in [-0.39, 0.29) is 22.4 Å². The van der Waals surface area contributed by atoms with E-state index in [1.54, 1.807) is 0 Å². The minimum Gasteiger partial charge on any atom is -0.490 e. The highest BCUT2D eigenvalue weighted by atomic mass is 35.5. The molecule has 0 saturated heterocycles. The average Bonchev–Trinajstić information content (AvgIpc) is 2.85. The number of carbonyl (C=O) groups is 2. The quantitative estimate of drug-likeness (QED) is 0.324. The Morgan fingerprint density at radius 1 is 0.951 bits per heavy atom. The van der Waals surface area contributed by atoms with Gasteiger partial charge in [0, 0.05) is 51.9 Å². The number of hydrogen-bond acceptors (Lipinski definition) is 5. The third-order valence-corrected chi connectivity index (χ3v) is 8.38. The van der Waals surface area contributed by atoms with Gasteiger partial charge in [0.05, 0.1) is 6.61 Å². The molecule has 0 atom stereocenters. The Labute approximate surface area is 248 Å². The molecule has 5 nitrogen and oxygen atoms in total. The normalized spacial score (nSPS) is 19.9. The predicted octanol–water partition coefficient (Wildman–Crippen LogP) is 8.02. The number of ether oxygens (including phenoxy) is 2. The Hall–Kier alpha value is -3.31. The lowest BCUT2D eigenvalue weighted by Crippen LogP contribution is -2.42. The van der Waals surface area contributed by atoms with Crippen LogP contribution in [0.15, 0.2) is 71.6 Å². The van der Waals surface area contributed by atoms with E-state index in [1.165, 1.54) is 0 Å². The van der Waals surface area contributed by atoms with Crippen LogP contribution in [-0.4, -0.2) is 18.2 Å². The van der Waals surface area contributed by atoms with Crippen LogP contribution in [0.1, 0.15) is 82.9 Å². The van der Waals surface area contributed by atoms with Gasteiger partial charge in [-0.25, -0.2) is 0 Å². The molecule has 1 aliphatic heterocycles. The van der Waals surface area contributed by atoms with Crippen molar-refractivity contribution in [3.63, 3.8) is 0 Å². The number of carbonyl (C=O) groups excluding carboxylic acids is 2. The molecule has 3 aliphatic rings. The molecule has 41 heavy (non-hydrogen) atoms. The minimum absolute atomic E-state index is 0.0995. The number of ketones is 2. The summed E-state index contributed by atoms with van der Waals surface area (Å²) in [4.78, 5) is 27.6. The van der Waals surface area contributed by atoms with Gasteiger partial charge in [-0.15, -0.1) is 6.58 Å². The molecule has 0 saturated carbocycles. The van der Waals surface area contributed by atoms with Crippen molar-refractivity contribution in [1.29, 1.82) is 0 Å². The number of nitrogens with one attached hydrogen (secondary N) is 1. The Morgan fingerprint density at radius 3 is 2.15 bits per heavy atom. The maximum atomic E-state index is 13.8. The van der Waals surface area contributed by atoms with Crippen LogP contribution >= 0.6 is 11.6 Å². The van der Waals surface area contributed by atoms with Gasteiger partial charge in [-0.2, -0.15) is 0 Å². The van der Waals surface area contributed by atoms with Crippen LogP contribution in [-0.2, 0) is 22.6 Å². The zero-order valence-corrected chi connectivity index (χ0v) is 25.5.